The van der Waals surface area contributed by atoms with Crippen LogP contribution in [0.1, 0.15) is 25.3 Å². The maximum absolute atomic E-state index is 4.47. The quantitative estimate of drug-likeness (QED) is 0.835. The lowest BCUT2D eigenvalue weighted by molar-refractivity contribution is 0.433. The fourth-order valence-electron chi connectivity index (χ4n) is 2.70. The van der Waals surface area contributed by atoms with Crippen molar-refractivity contribution >= 4 is 18.1 Å². The summed E-state index contributed by atoms with van der Waals surface area (Å²) in [7, 11) is 0. The van der Waals surface area contributed by atoms with Crippen LogP contribution in [-0.2, 0) is 0 Å². The van der Waals surface area contributed by atoms with E-state index in [9.17, 15) is 0 Å². The molecule has 1 unspecified atom stereocenters. The topological polar surface area (TPSA) is 24.4 Å². The van der Waals surface area contributed by atoms with Crippen LogP contribution >= 0.6 is 0 Å². The van der Waals surface area contributed by atoms with Gasteiger partial charge in [0.2, 0.25) is 0 Å². The molecule has 1 aromatic rings. The van der Waals surface area contributed by atoms with Crippen molar-refractivity contribution in [1.29, 1.82) is 0 Å². The summed E-state index contributed by atoms with van der Waals surface area (Å²) in [6.07, 6.45) is 14.9. The van der Waals surface area contributed by atoms with Crippen LogP contribution in [0.4, 0.5) is 5.69 Å². The van der Waals surface area contributed by atoms with Crippen molar-refractivity contribution in [2.24, 2.45) is 10.4 Å². The third-order valence-electron chi connectivity index (χ3n) is 3.97. The Morgan fingerprint density at radius 2 is 2.16 bits per heavy atom. The van der Waals surface area contributed by atoms with Gasteiger partial charge < -0.3 is 5.32 Å². The molecule has 96 valence electrons. The molecule has 0 fully saturated rings. The first kappa shape index (κ1) is 12.0. The fourth-order valence-corrected chi connectivity index (χ4v) is 2.70. The van der Waals surface area contributed by atoms with E-state index >= 15 is 0 Å². The molecule has 1 aliphatic heterocycles. The molecule has 1 heterocycles. The summed E-state index contributed by atoms with van der Waals surface area (Å²) >= 11 is 0. The van der Waals surface area contributed by atoms with Gasteiger partial charge in [-0.3, -0.25) is 0 Å². The first-order valence-corrected chi connectivity index (χ1v) is 6.79. The van der Waals surface area contributed by atoms with Gasteiger partial charge in [0.1, 0.15) is 0 Å². The summed E-state index contributed by atoms with van der Waals surface area (Å²) < 4.78 is 0. The maximum atomic E-state index is 4.47. The monoisotopic (exact) mass is 250 g/mol. The summed E-state index contributed by atoms with van der Waals surface area (Å²) in [4.78, 5) is 4.47. The molecule has 0 bridgehead atoms. The number of hydrogen-bond donors (Lipinski definition) is 1. The molecule has 1 atom stereocenters. The van der Waals surface area contributed by atoms with E-state index in [1.54, 1.807) is 6.34 Å². The van der Waals surface area contributed by atoms with Crippen LogP contribution in [0.15, 0.2) is 59.3 Å². The molecular weight excluding hydrogens is 232 g/mol. The molecule has 2 nitrogen and oxygen atoms in total. The van der Waals surface area contributed by atoms with E-state index in [4.69, 9.17) is 0 Å². The highest BCUT2D eigenvalue weighted by atomic mass is 15.0. The van der Waals surface area contributed by atoms with E-state index in [0.29, 0.717) is 0 Å². The number of rotatable bonds is 2. The van der Waals surface area contributed by atoms with Crippen LogP contribution in [0.5, 0.6) is 0 Å². The zero-order chi connectivity index (χ0) is 13.1. The van der Waals surface area contributed by atoms with E-state index in [-0.39, 0.29) is 5.41 Å². The standard InChI is InChI=1S/C17H18N2/c1-2-17(10-6-3-7-11-17)16-12-14-8-4-5-9-15(14)18-13-19-16/h3-10,12-13H,2,11H2,1H3,(H,18,19). The minimum absolute atomic E-state index is 0.0677. The van der Waals surface area contributed by atoms with Gasteiger partial charge in [-0.05, 0) is 25.0 Å². The average molecular weight is 250 g/mol. The first-order valence-electron chi connectivity index (χ1n) is 6.79. The summed E-state index contributed by atoms with van der Waals surface area (Å²) in [5.74, 6) is 0. The summed E-state index contributed by atoms with van der Waals surface area (Å²) in [6.45, 7) is 2.24. The van der Waals surface area contributed by atoms with Crippen LogP contribution in [0, 0.1) is 5.41 Å². The van der Waals surface area contributed by atoms with Crippen molar-refractivity contribution in [2.45, 2.75) is 19.8 Å². The van der Waals surface area contributed by atoms with Crippen LogP contribution in [0.2, 0.25) is 0 Å². The van der Waals surface area contributed by atoms with Crippen molar-refractivity contribution in [3.8, 4) is 0 Å². The number of hydrogen-bond acceptors (Lipinski definition) is 2. The summed E-state index contributed by atoms with van der Waals surface area (Å²) in [6, 6.07) is 8.24. The average Bonchev–Trinajstić information content (AvgIpc) is 2.70. The molecule has 0 saturated carbocycles. The van der Waals surface area contributed by atoms with Crippen molar-refractivity contribution < 1.29 is 0 Å². The highest BCUT2D eigenvalue weighted by Crippen LogP contribution is 2.40. The smallest absolute Gasteiger partial charge is 0.0928 e. The van der Waals surface area contributed by atoms with Gasteiger partial charge in [-0.15, -0.1) is 0 Å². The second-order valence-electron chi connectivity index (χ2n) is 5.02. The molecule has 0 saturated heterocycles. The molecule has 19 heavy (non-hydrogen) atoms. The van der Waals surface area contributed by atoms with Gasteiger partial charge in [0.15, 0.2) is 0 Å². The SMILES string of the molecule is CCC1(C2=Cc3ccccc3N=CN2)C=CC=CC1. The summed E-state index contributed by atoms with van der Waals surface area (Å²) in [5, 5.41) is 3.37. The van der Waals surface area contributed by atoms with E-state index in [0.717, 1.165) is 18.5 Å². The van der Waals surface area contributed by atoms with Crippen molar-refractivity contribution in [3.63, 3.8) is 0 Å². The van der Waals surface area contributed by atoms with Crippen molar-refractivity contribution in [3.05, 3.63) is 59.8 Å². The lowest BCUT2D eigenvalue weighted by Gasteiger charge is -2.32. The van der Waals surface area contributed by atoms with Gasteiger partial charge in [-0.25, -0.2) is 4.99 Å². The number of aliphatic imine (C=N–C) groups is 1. The Morgan fingerprint density at radius 1 is 1.26 bits per heavy atom. The predicted octanol–water partition coefficient (Wildman–Crippen LogP) is 4.20. The van der Waals surface area contributed by atoms with Gasteiger partial charge in [-0.1, -0.05) is 49.4 Å². The fraction of sp³-hybridized carbons (Fsp3) is 0.235. The van der Waals surface area contributed by atoms with Crippen LogP contribution in [-0.4, -0.2) is 6.34 Å². The van der Waals surface area contributed by atoms with Gasteiger partial charge in [0.05, 0.1) is 12.0 Å². The molecule has 0 aromatic heterocycles. The lowest BCUT2D eigenvalue weighted by Crippen LogP contribution is -2.29. The number of nitrogens with one attached hydrogen (secondary N) is 1. The Labute approximate surface area is 114 Å². The molecule has 3 rings (SSSR count). The second kappa shape index (κ2) is 4.88. The number of fused-ring (bicyclic) bond motifs is 1. The number of benzene rings is 1. The molecular formula is C17H18N2. The molecule has 1 aromatic carbocycles. The Morgan fingerprint density at radius 3 is 2.95 bits per heavy atom. The third kappa shape index (κ3) is 2.14. The van der Waals surface area contributed by atoms with E-state index < -0.39 is 0 Å². The lowest BCUT2D eigenvalue weighted by atomic mass is 9.75. The molecule has 1 aliphatic carbocycles. The van der Waals surface area contributed by atoms with Gasteiger partial charge >= 0.3 is 0 Å². The molecule has 0 amide bonds. The Kier molecular flexibility index (Phi) is 3.08. The van der Waals surface area contributed by atoms with Crippen LogP contribution in [0.3, 0.4) is 0 Å². The molecule has 1 N–H and O–H groups in total. The minimum Gasteiger partial charge on any atom is -0.349 e. The largest absolute Gasteiger partial charge is 0.349 e. The number of nitrogens with zero attached hydrogens (tertiary/aromatic N) is 1. The van der Waals surface area contributed by atoms with Crippen molar-refractivity contribution in [2.75, 3.05) is 0 Å². The normalized spacial score (nSPS) is 24.4. The van der Waals surface area contributed by atoms with Crippen LogP contribution < -0.4 is 5.32 Å². The molecule has 0 spiro atoms. The van der Waals surface area contributed by atoms with Gasteiger partial charge in [0.25, 0.3) is 0 Å². The van der Waals surface area contributed by atoms with E-state index in [1.165, 1.54) is 11.3 Å². The molecule has 0 radical (unpaired) electrons. The number of para-hydroxylation sites is 1. The zero-order valence-electron chi connectivity index (χ0n) is 11.1. The number of allylic oxidation sites excluding steroid dienone is 4. The minimum atomic E-state index is 0.0677. The van der Waals surface area contributed by atoms with Crippen molar-refractivity contribution in [1.82, 2.24) is 5.32 Å². The van der Waals surface area contributed by atoms with E-state index in [2.05, 4.69) is 59.7 Å². The van der Waals surface area contributed by atoms with Gasteiger partial charge in [-0.2, -0.15) is 0 Å². The third-order valence-corrected chi connectivity index (χ3v) is 3.97. The Balaban J connectivity index is 2.06. The molecule has 2 heteroatoms. The molecule has 2 aliphatic rings. The Hall–Kier alpha value is -2.09. The Bertz CT molecular complexity index is 593. The van der Waals surface area contributed by atoms with Crippen LogP contribution in [0.25, 0.3) is 6.08 Å². The maximum Gasteiger partial charge on any atom is 0.0928 e. The highest BCUT2D eigenvalue weighted by molar-refractivity contribution is 5.76. The van der Waals surface area contributed by atoms with Gasteiger partial charge in [0, 0.05) is 16.7 Å². The first-order chi connectivity index (χ1) is 9.34. The second-order valence-corrected chi connectivity index (χ2v) is 5.02. The van der Waals surface area contributed by atoms with E-state index in [1.807, 2.05) is 12.1 Å². The highest BCUT2D eigenvalue weighted by Gasteiger charge is 2.30. The summed E-state index contributed by atoms with van der Waals surface area (Å²) in [5.41, 5.74) is 3.49. The zero-order valence-corrected chi connectivity index (χ0v) is 11.1. The predicted molar refractivity (Wildman–Crippen MR) is 81.3 cm³/mol.